The van der Waals surface area contributed by atoms with Gasteiger partial charge in [0.1, 0.15) is 5.54 Å². The average Bonchev–Trinajstić information content (AvgIpc) is 2.92. The second kappa shape index (κ2) is 5.80. The molecule has 3 N–H and O–H groups in total. The Hall–Kier alpha value is -2.49. The van der Waals surface area contributed by atoms with Gasteiger partial charge in [0, 0.05) is 25.7 Å². The van der Waals surface area contributed by atoms with Crippen LogP contribution in [0.15, 0.2) is 36.4 Å². The number of carbonyl (C=O) groups is 1. The van der Waals surface area contributed by atoms with Crippen molar-refractivity contribution in [3.05, 3.63) is 47.5 Å². The van der Waals surface area contributed by atoms with E-state index in [1.54, 1.807) is 19.1 Å². The van der Waals surface area contributed by atoms with Crippen molar-refractivity contribution in [3.8, 4) is 11.8 Å². The first-order valence-electron chi connectivity index (χ1n) is 7.48. The van der Waals surface area contributed by atoms with Crippen LogP contribution < -0.4 is 5.73 Å². The van der Waals surface area contributed by atoms with Gasteiger partial charge in [-0.1, -0.05) is 12.0 Å². The minimum absolute atomic E-state index is 0.0686. The first-order valence-corrected chi connectivity index (χ1v) is 8.30. The van der Waals surface area contributed by atoms with Crippen molar-refractivity contribution in [1.82, 2.24) is 0 Å². The predicted octanol–water partition coefficient (Wildman–Crippen LogP) is 4.32. The number of carboxylic acid groups (broad SMARTS) is 1. The molecule has 0 amide bonds. The van der Waals surface area contributed by atoms with Gasteiger partial charge >= 0.3 is 11.9 Å². The van der Waals surface area contributed by atoms with Gasteiger partial charge in [-0.3, -0.25) is 0 Å². The summed E-state index contributed by atoms with van der Waals surface area (Å²) in [6.45, 7) is 2.77. The summed E-state index contributed by atoms with van der Waals surface area (Å²) < 4.78 is 30.1. The molecular formula is C19H15F2NO2S. The molecule has 0 radical (unpaired) electrons. The summed E-state index contributed by atoms with van der Waals surface area (Å²) in [6, 6.07) is 10.4. The Bertz CT molecular complexity index is 1060. The van der Waals surface area contributed by atoms with E-state index in [4.69, 9.17) is 10.8 Å². The van der Waals surface area contributed by atoms with Crippen LogP contribution in [0.1, 0.15) is 25.0 Å². The molecule has 128 valence electrons. The topological polar surface area (TPSA) is 63.3 Å². The fraction of sp³-hybridized carbons (Fsp3) is 0.211. The van der Waals surface area contributed by atoms with Crippen LogP contribution >= 0.6 is 11.3 Å². The number of alkyl halides is 2. The number of hydrogen-bond donors (Lipinski definition) is 2. The molecule has 1 unspecified atom stereocenters. The summed E-state index contributed by atoms with van der Waals surface area (Å²) in [5.41, 5.74) is 4.31. The van der Waals surface area contributed by atoms with Crippen molar-refractivity contribution in [2.24, 2.45) is 5.73 Å². The zero-order valence-corrected chi connectivity index (χ0v) is 14.4. The van der Waals surface area contributed by atoms with Crippen LogP contribution in [0, 0.1) is 11.8 Å². The summed E-state index contributed by atoms with van der Waals surface area (Å²) in [4.78, 5) is 10.9. The van der Waals surface area contributed by atoms with Crippen molar-refractivity contribution in [3.63, 3.8) is 0 Å². The van der Waals surface area contributed by atoms with E-state index < -0.39 is 17.4 Å². The number of thiophene rings is 1. The minimum atomic E-state index is -4.09. The number of hydrogen-bond acceptors (Lipinski definition) is 3. The molecule has 0 aliphatic heterocycles. The van der Waals surface area contributed by atoms with E-state index in [0.717, 1.165) is 32.7 Å². The molecule has 1 aromatic heterocycles. The fourth-order valence-electron chi connectivity index (χ4n) is 2.73. The van der Waals surface area contributed by atoms with Gasteiger partial charge in [-0.25, -0.2) is 4.79 Å². The average molecular weight is 359 g/mol. The van der Waals surface area contributed by atoms with Gasteiger partial charge in [-0.2, -0.15) is 8.78 Å². The van der Waals surface area contributed by atoms with Gasteiger partial charge in [0.2, 0.25) is 0 Å². The summed E-state index contributed by atoms with van der Waals surface area (Å²) >= 11 is 1.53. The van der Waals surface area contributed by atoms with Gasteiger partial charge in [-0.05, 0) is 49.7 Å². The highest BCUT2D eigenvalue weighted by atomic mass is 32.1. The van der Waals surface area contributed by atoms with Crippen molar-refractivity contribution in [2.45, 2.75) is 25.3 Å². The number of carboxylic acids is 1. The van der Waals surface area contributed by atoms with Crippen LogP contribution in [-0.2, 0) is 10.3 Å². The molecule has 0 bridgehead atoms. The maximum Gasteiger partial charge on any atom is 0.376 e. The third-order valence-electron chi connectivity index (χ3n) is 4.26. The van der Waals surface area contributed by atoms with Crippen molar-refractivity contribution in [1.29, 1.82) is 0 Å². The SMILES string of the molecule is CC#Cc1ccc2sc3ccc(C(C)(N)C(F)(F)C(=O)O)cc3c2c1. The molecule has 1 heterocycles. The lowest BCUT2D eigenvalue weighted by Crippen LogP contribution is -2.55. The van der Waals surface area contributed by atoms with E-state index in [-0.39, 0.29) is 5.56 Å². The molecule has 3 nitrogen and oxygen atoms in total. The monoisotopic (exact) mass is 359 g/mol. The van der Waals surface area contributed by atoms with E-state index in [1.807, 2.05) is 18.2 Å². The first kappa shape index (κ1) is 17.3. The number of benzene rings is 2. The van der Waals surface area contributed by atoms with E-state index in [0.29, 0.717) is 0 Å². The predicted molar refractivity (Wildman–Crippen MR) is 96.0 cm³/mol. The van der Waals surface area contributed by atoms with E-state index in [1.165, 1.54) is 17.4 Å². The summed E-state index contributed by atoms with van der Waals surface area (Å²) in [6.07, 6.45) is 0. The third-order valence-corrected chi connectivity index (χ3v) is 5.41. The smallest absolute Gasteiger partial charge is 0.376 e. The van der Waals surface area contributed by atoms with E-state index in [9.17, 15) is 13.6 Å². The van der Waals surface area contributed by atoms with Gasteiger partial charge < -0.3 is 10.8 Å². The molecule has 0 spiro atoms. The Balaban J connectivity index is 2.25. The van der Waals surface area contributed by atoms with Crippen LogP contribution in [0.25, 0.3) is 20.2 Å². The number of aliphatic carboxylic acids is 1. The van der Waals surface area contributed by atoms with Gasteiger partial charge in [0.15, 0.2) is 0 Å². The molecule has 1 atom stereocenters. The standard InChI is InChI=1S/C19H15F2NO2S/c1-3-4-11-5-7-15-13(9-11)14-10-12(6-8-16(14)25-15)18(2,22)19(20,21)17(23)24/h5-10H,22H2,1-2H3,(H,23,24). The Labute approximate surface area is 147 Å². The summed E-state index contributed by atoms with van der Waals surface area (Å²) in [5, 5.41) is 10.5. The van der Waals surface area contributed by atoms with Crippen LogP contribution in [0.3, 0.4) is 0 Å². The maximum atomic E-state index is 14.1. The second-order valence-corrected chi connectivity index (χ2v) is 7.06. The number of rotatable bonds is 3. The highest BCUT2D eigenvalue weighted by Crippen LogP contribution is 2.40. The van der Waals surface area contributed by atoms with E-state index >= 15 is 0 Å². The van der Waals surface area contributed by atoms with Crippen LogP contribution in [0.5, 0.6) is 0 Å². The Morgan fingerprint density at radius 1 is 1.16 bits per heavy atom. The third kappa shape index (κ3) is 2.66. The first-order chi connectivity index (χ1) is 11.7. The Kier molecular flexibility index (Phi) is 4.02. The zero-order chi connectivity index (χ0) is 18.4. The van der Waals surface area contributed by atoms with Gasteiger partial charge in [-0.15, -0.1) is 17.3 Å². The molecule has 6 heteroatoms. The highest BCUT2D eigenvalue weighted by molar-refractivity contribution is 7.25. The number of fused-ring (bicyclic) bond motifs is 3. The lowest BCUT2D eigenvalue weighted by molar-refractivity contribution is -0.175. The molecule has 0 fully saturated rings. The van der Waals surface area contributed by atoms with E-state index in [2.05, 4.69) is 11.8 Å². The number of nitrogens with two attached hydrogens (primary N) is 1. The molecule has 0 saturated carbocycles. The lowest BCUT2D eigenvalue weighted by atomic mass is 9.85. The second-order valence-electron chi connectivity index (χ2n) is 5.98. The van der Waals surface area contributed by atoms with Crippen molar-refractivity contribution >= 4 is 37.5 Å². The number of halogens is 2. The highest BCUT2D eigenvalue weighted by Gasteiger charge is 2.55. The Morgan fingerprint density at radius 2 is 1.76 bits per heavy atom. The fourth-order valence-corrected chi connectivity index (χ4v) is 3.79. The van der Waals surface area contributed by atoms with Crippen molar-refractivity contribution in [2.75, 3.05) is 0 Å². The normalized spacial score (nSPS) is 14.1. The molecule has 3 rings (SSSR count). The molecular weight excluding hydrogens is 344 g/mol. The van der Waals surface area contributed by atoms with Gasteiger partial charge in [0.05, 0.1) is 0 Å². The van der Waals surface area contributed by atoms with Crippen LogP contribution in [0.2, 0.25) is 0 Å². The summed E-state index contributed by atoms with van der Waals surface area (Å²) in [5.74, 6) is -0.538. The molecule has 2 aromatic carbocycles. The minimum Gasteiger partial charge on any atom is -0.477 e. The lowest BCUT2D eigenvalue weighted by Gasteiger charge is -2.31. The van der Waals surface area contributed by atoms with Crippen LogP contribution in [-0.4, -0.2) is 17.0 Å². The molecule has 0 saturated heterocycles. The van der Waals surface area contributed by atoms with Crippen LogP contribution in [0.4, 0.5) is 8.78 Å². The molecule has 0 aliphatic carbocycles. The largest absolute Gasteiger partial charge is 0.477 e. The van der Waals surface area contributed by atoms with Crippen molar-refractivity contribution < 1.29 is 18.7 Å². The summed E-state index contributed by atoms with van der Waals surface area (Å²) in [7, 11) is 0. The quantitative estimate of drug-likeness (QED) is 0.685. The zero-order valence-electron chi connectivity index (χ0n) is 13.6. The molecule has 25 heavy (non-hydrogen) atoms. The van der Waals surface area contributed by atoms with Gasteiger partial charge in [0.25, 0.3) is 0 Å². The Morgan fingerprint density at radius 3 is 2.36 bits per heavy atom. The molecule has 0 aliphatic rings. The maximum absolute atomic E-state index is 14.1. The molecule has 3 aromatic rings.